The number of benzene rings is 1. The van der Waals surface area contributed by atoms with Gasteiger partial charge in [-0.25, -0.2) is 0 Å². The number of carbonyl (C=O) groups is 1. The molecule has 1 saturated heterocycles. The Labute approximate surface area is 157 Å². The van der Waals surface area contributed by atoms with Crippen LogP contribution in [0.1, 0.15) is 46.6 Å². The largest absolute Gasteiger partial charge is 0.471 e. The molecule has 0 spiro atoms. The summed E-state index contributed by atoms with van der Waals surface area (Å²) < 4.78 is 47.3. The van der Waals surface area contributed by atoms with E-state index in [1.54, 1.807) is 4.90 Å². The van der Waals surface area contributed by atoms with Crippen LogP contribution in [0.4, 0.5) is 13.2 Å². The van der Waals surface area contributed by atoms with E-state index < -0.39 is 12.1 Å². The molecule has 28 heavy (non-hydrogen) atoms. The van der Waals surface area contributed by atoms with Crippen molar-refractivity contribution < 1.29 is 27.0 Å². The van der Waals surface area contributed by atoms with Crippen molar-refractivity contribution in [2.24, 2.45) is 0 Å². The topological polar surface area (TPSA) is 85.3 Å². The van der Waals surface area contributed by atoms with E-state index in [0.717, 1.165) is 18.5 Å². The van der Waals surface area contributed by atoms with Crippen molar-refractivity contribution in [3.63, 3.8) is 0 Å². The SMILES string of the molecule is Cc1cc([C@H]2CCCN2C(=O)c2ccc(-c3noc(C(F)(F)F)n3)cc2)on1. The number of rotatable bonds is 3. The van der Waals surface area contributed by atoms with Crippen LogP contribution in [-0.2, 0) is 6.18 Å². The molecule has 4 rings (SSSR count). The summed E-state index contributed by atoms with van der Waals surface area (Å²) in [4.78, 5) is 17.9. The lowest BCUT2D eigenvalue weighted by atomic mass is 10.1. The zero-order chi connectivity index (χ0) is 19.9. The Bertz CT molecular complexity index is 994. The third-order valence-corrected chi connectivity index (χ3v) is 4.55. The molecule has 0 unspecified atom stereocenters. The maximum Gasteiger partial charge on any atom is 0.471 e. The Hall–Kier alpha value is -3.17. The van der Waals surface area contributed by atoms with Crippen molar-refractivity contribution in [2.45, 2.75) is 32.0 Å². The Kier molecular flexibility index (Phi) is 4.40. The van der Waals surface area contributed by atoms with Crippen molar-refractivity contribution >= 4 is 5.91 Å². The first-order valence-electron chi connectivity index (χ1n) is 8.58. The highest BCUT2D eigenvalue weighted by Gasteiger charge is 2.38. The molecule has 0 aliphatic carbocycles. The molecule has 2 aromatic heterocycles. The number of hydrogen-bond donors (Lipinski definition) is 0. The summed E-state index contributed by atoms with van der Waals surface area (Å²) in [6.07, 6.45) is -3.08. The first-order valence-corrected chi connectivity index (χ1v) is 8.58. The summed E-state index contributed by atoms with van der Waals surface area (Å²) in [5, 5.41) is 7.21. The van der Waals surface area contributed by atoms with Gasteiger partial charge in [-0.2, -0.15) is 18.2 Å². The quantitative estimate of drug-likeness (QED) is 0.669. The van der Waals surface area contributed by atoms with Crippen molar-refractivity contribution in [1.82, 2.24) is 20.2 Å². The van der Waals surface area contributed by atoms with Gasteiger partial charge in [-0.05, 0) is 31.9 Å². The monoisotopic (exact) mass is 392 g/mol. The molecule has 1 amide bonds. The molecule has 1 aromatic carbocycles. The molecule has 7 nitrogen and oxygen atoms in total. The molecule has 10 heteroatoms. The van der Waals surface area contributed by atoms with E-state index in [0.29, 0.717) is 23.4 Å². The third kappa shape index (κ3) is 3.37. The highest BCUT2D eigenvalue weighted by Crippen LogP contribution is 2.34. The average molecular weight is 392 g/mol. The van der Waals surface area contributed by atoms with E-state index in [1.807, 2.05) is 13.0 Å². The molecule has 1 aliphatic rings. The number of likely N-dealkylation sites (tertiary alicyclic amines) is 1. The summed E-state index contributed by atoms with van der Waals surface area (Å²) in [7, 11) is 0. The van der Waals surface area contributed by atoms with Gasteiger partial charge in [0.25, 0.3) is 5.91 Å². The van der Waals surface area contributed by atoms with E-state index in [9.17, 15) is 18.0 Å². The average Bonchev–Trinajstić information content (AvgIpc) is 3.40. The molecule has 3 heterocycles. The van der Waals surface area contributed by atoms with Crippen LogP contribution in [0.15, 0.2) is 39.4 Å². The maximum atomic E-state index is 12.9. The lowest BCUT2D eigenvalue weighted by Crippen LogP contribution is -2.30. The molecular formula is C18H15F3N4O3. The van der Waals surface area contributed by atoms with Crippen LogP contribution in [0.2, 0.25) is 0 Å². The molecule has 0 saturated carbocycles. The lowest BCUT2D eigenvalue weighted by Gasteiger charge is -2.22. The van der Waals surface area contributed by atoms with Crippen molar-refractivity contribution in [3.05, 3.63) is 53.2 Å². The van der Waals surface area contributed by atoms with Gasteiger partial charge < -0.3 is 13.9 Å². The summed E-state index contributed by atoms with van der Waals surface area (Å²) in [6, 6.07) is 7.67. The number of amides is 1. The standard InChI is InChI=1S/C18H15F3N4O3/c1-10-9-14(27-23-10)13-3-2-8-25(13)16(26)12-6-4-11(5-7-12)15-22-17(28-24-15)18(19,20)21/h4-7,9,13H,2-3,8H2,1H3/t13-/m1/s1. The van der Waals surface area contributed by atoms with Gasteiger partial charge in [-0.15, -0.1) is 0 Å². The van der Waals surface area contributed by atoms with Crippen LogP contribution in [-0.4, -0.2) is 32.6 Å². The Morgan fingerprint density at radius 1 is 1.18 bits per heavy atom. The summed E-state index contributed by atoms with van der Waals surface area (Å²) in [5.74, 6) is -1.15. The highest BCUT2D eigenvalue weighted by atomic mass is 19.4. The predicted molar refractivity (Wildman–Crippen MR) is 89.0 cm³/mol. The van der Waals surface area contributed by atoms with Gasteiger partial charge in [0.05, 0.1) is 11.7 Å². The smallest absolute Gasteiger partial charge is 0.359 e. The predicted octanol–water partition coefficient (Wildman–Crippen LogP) is 4.03. The summed E-state index contributed by atoms with van der Waals surface area (Å²) in [5.41, 5.74) is 1.48. The fourth-order valence-electron chi connectivity index (χ4n) is 3.23. The molecule has 146 valence electrons. The minimum absolute atomic E-state index is 0.181. The zero-order valence-electron chi connectivity index (χ0n) is 14.7. The summed E-state index contributed by atoms with van der Waals surface area (Å²) >= 11 is 0. The fraction of sp³-hybridized carbons (Fsp3) is 0.333. The van der Waals surface area contributed by atoms with E-state index >= 15 is 0 Å². The fourth-order valence-corrected chi connectivity index (χ4v) is 3.23. The van der Waals surface area contributed by atoms with E-state index in [4.69, 9.17) is 4.52 Å². The first kappa shape index (κ1) is 18.2. The normalized spacial score (nSPS) is 17.3. The molecule has 0 N–H and O–H groups in total. The number of aryl methyl sites for hydroxylation is 1. The lowest BCUT2D eigenvalue weighted by molar-refractivity contribution is -0.159. The number of alkyl halides is 3. The van der Waals surface area contributed by atoms with E-state index in [-0.39, 0.29) is 17.8 Å². The van der Waals surface area contributed by atoms with Gasteiger partial charge in [0.1, 0.15) is 0 Å². The van der Waals surface area contributed by atoms with Crippen LogP contribution in [0, 0.1) is 6.92 Å². The van der Waals surface area contributed by atoms with Gasteiger partial charge in [0, 0.05) is 23.7 Å². The van der Waals surface area contributed by atoms with Crippen LogP contribution in [0.25, 0.3) is 11.4 Å². The molecular weight excluding hydrogens is 377 g/mol. The Morgan fingerprint density at radius 2 is 1.93 bits per heavy atom. The van der Waals surface area contributed by atoms with Gasteiger partial charge in [-0.1, -0.05) is 22.4 Å². The van der Waals surface area contributed by atoms with Crippen molar-refractivity contribution in [3.8, 4) is 11.4 Å². The minimum atomic E-state index is -4.70. The Balaban J connectivity index is 1.53. The highest BCUT2D eigenvalue weighted by molar-refractivity contribution is 5.95. The zero-order valence-corrected chi connectivity index (χ0v) is 14.7. The maximum absolute atomic E-state index is 12.9. The Morgan fingerprint density at radius 3 is 2.54 bits per heavy atom. The number of carbonyl (C=O) groups excluding carboxylic acids is 1. The number of hydrogen-bond acceptors (Lipinski definition) is 6. The number of halogens is 3. The third-order valence-electron chi connectivity index (χ3n) is 4.55. The number of aromatic nitrogens is 3. The molecule has 1 fully saturated rings. The van der Waals surface area contributed by atoms with Crippen LogP contribution >= 0.6 is 0 Å². The van der Waals surface area contributed by atoms with Crippen LogP contribution in [0.5, 0.6) is 0 Å². The van der Waals surface area contributed by atoms with Gasteiger partial charge in [0.15, 0.2) is 5.76 Å². The molecule has 0 bridgehead atoms. The van der Waals surface area contributed by atoms with Crippen molar-refractivity contribution in [2.75, 3.05) is 6.54 Å². The van der Waals surface area contributed by atoms with Gasteiger partial charge in [0.2, 0.25) is 5.82 Å². The second-order valence-corrected chi connectivity index (χ2v) is 6.53. The molecule has 1 aliphatic heterocycles. The molecule has 1 atom stereocenters. The number of nitrogens with zero attached hydrogens (tertiary/aromatic N) is 4. The van der Waals surface area contributed by atoms with E-state index in [2.05, 4.69) is 19.8 Å². The van der Waals surface area contributed by atoms with Gasteiger partial charge >= 0.3 is 12.1 Å². The second kappa shape index (κ2) is 6.77. The molecule has 3 aromatic rings. The first-order chi connectivity index (χ1) is 13.3. The summed E-state index contributed by atoms with van der Waals surface area (Å²) in [6.45, 7) is 2.40. The van der Waals surface area contributed by atoms with Crippen LogP contribution in [0.3, 0.4) is 0 Å². The second-order valence-electron chi connectivity index (χ2n) is 6.53. The van der Waals surface area contributed by atoms with Gasteiger partial charge in [-0.3, -0.25) is 4.79 Å². The minimum Gasteiger partial charge on any atom is -0.359 e. The molecule has 0 radical (unpaired) electrons. The van der Waals surface area contributed by atoms with E-state index in [1.165, 1.54) is 24.3 Å². The van der Waals surface area contributed by atoms with Crippen molar-refractivity contribution in [1.29, 1.82) is 0 Å². The van der Waals surface area contributed by atoms with Crippen LogP contribution < -0.4 is 0 Å².